The number of carboxylic acid groups (broad SMARTS) is 1. The van der Waals surface area contributed by atoms with Gasteiger partial charge in [-0.1, -0.05) is 12.1 Å². The van der Waals surface area contributed by atoms with Crippen molar-refractivity contribution in [3.05, 3.63) is 35.4 Å². The van der Waals surface area contributed by atoms with Crippen LogP contribution in [0, 0.1) is 5.92 Å². The van der Waals surface area contributed by atoms with Crippen molar-refractivity contribution in [3.8, 4) is 0 Å². The quantitative estimate of drug-likeness (QED) is 0.875. The maximum absolute atomic E-state index is 12.5. The van der Waals surface area contributed by atoms with Crippen molar-refractivity contribution in [2.45, 2.75) is 38.5 Å². The van der Waals surface area contributed by atoms with E-state index in [0.717, 1.165) is 44.3 Å². The van der Waals surface area contributed by atoms with Gasteiger partial charge in [0.2, 0.25) is 11.8 Å². The number of hydrogen-bond acceptors (Lipinski definition) is 3. The summed E-state index contributed by atoms with van der Waals surface area (Å²) in [7, 11) is 0. The van der Waals surface area contributed by atoms with Crippen molar-refractivity contribution >= 4 is 17.8 Å². The topological polar surface area (TPSA) is 77.9 Å². The zero-order valence-electron chi connectivity index (χ0n) is 15.0. The standard InChI is InChI=1S/C20H26N2O4/c23-18-6-1-2-9-22(18)14-15-7-10-21(11-8-15)19(24)13-16-4-3-5-17(12-16)20(25)26/h3-5,12,15H,1-2,6-11,13-14H2,(H,25,26). The molecule has 0 atom stereocenters. The Morgan fingerprint density at radius 3 is 2.58 bits per heavy atom. The second-order valence-electron chi connectivity index (χ2n) is 7.30. The molecule has 2 aliphatic rings. The zero-order valence-corrected chi connectivity index (χ0v) is 15.0. The maximum Gasteiger partial charge on any atom is 0.335 e. The fraction of sp³-hybridized carbons (Fsp3) is 0.550. The van der Waals surface area contributed by atoms with Crippen LogP contribution in [0.15, 0.2) is 24.3 Å². The largest absolute Gasteiger partial charge is 0.478 e. The molecule has 1 aromatic rings. The van der Waals surface area contributed by atoms with Crippen LogP contribution in [0.25, 0.3) is 0 Å². The first-order valence-corrected chi connectivity index (χ1v) is 9.40. The Morgan fingerprint density at radius 1 is 1.12 bits per heavy atom. The summed E-state index contributed by atoms with van der Waals surface area (Å²) in [5.74, 6) is -0.197. The predicted molar refractivity (Wildman–Crippen MR) is 96.8 cm³/mol. The monoisotopic (exact) mass is 358 g/mol. The number of piperidine rings is 2. The molecular formula is C20H26N2O4. The Bertz CT molecular complexity index is 680. The fourth-order valence-electron chi connectivity index (χ4n) is 3.83. The first-order chi connectivity index (χ1) is 12.5. The fourth-order valence-corrected chi connectivity index (χ4v) is 3.83. The number of carboxylic acids is 1. The molecule has 0 aromatic heterocycles. The zero-order chi connectivity index (χ0) is 18.5. The maximum atomic E-state index is 12.5. The van der Waals surface area contributed by atoms with Gasteiger partial charge in [-0.25, -0.2) is 4.79 Å². The Hall–Kier alpha value is -2.37. The van der Waals surface area contributed by atoms with Crippen molar-refractivity contribution < 1.29 is 19.5 Å². The number of amides is 2. The summed E-state index contributed by atoms with van der Waals surface area (Å²) in [5.41, 5.74) is 0.941. The van der Waals surface area contributed by atoms with Crippen LogP contribution < -0.4 is 0 Å². The van der Waals surface area contributed by atoms with Crippen molar-refractivity contribution in [2.24, 2.45) is 5.92 Å². The van der Waals surface area contributed by atoms with Crippen molar-refractivity contribution in [1.29, 1.82) is 0 Å². The van der Waals surface area contributed by atoms with E-state index in [1.54, 1.807) is 18.2 Å². The third kappa shape index (κ3) is 4.62. The second kappa shape index (κ2) is 8.34. The number of carbonyl (C=O) groups is 3. The van der Waals surface area contributed by atoms with E-state index >= 15 is 0 Å². The summed E-state index contributed by atoms with van der Waals surface area (Å²) in [5, 5.41) is 9.05. The highest BCUT2D eigenvalue weighted by Crippen LogP contribution is 2.21. The van der Waals surface area contributed by atoms with Crippen LogP contribution in [0.3, 0.4) is 0 Å². The average molecular weight is 358 g/mol. The van der Waals surface area contributed by atoms with E-state index in [2.05, 4.69) is 0 Å². The molecule has 140 valence electrons. The van der Waals surface area contributed by atoms with Gasteiger partial charge in [0.25, 0.3) is 0 Å². The van der Waals surface area contributed by atoms with Gasteiger partial charge >= 0.3 is 5.97 Å². The van der Waals surface area contributed by atoms with E-state index in [9.17, 15) is 14.4 Å². The van der Waals surface area contributed by atoms with Gasteiger partial charge in [0.05, 0.1) is 12.0 Å². The van der Waals surface area contributed by atoms with Crippen LogP contribution in [0.1, 0.15) is 48.0 Å². The molecule has 6 heteroatoms. The van der Waals surface area contributed by atoms with Crippen LogP contribution in [-0.2, 0) is 16.0 Å². The molecule has 0 bridgehead atoms. The van der Waals surface area contributed by atoms with Crippen LogP contribution >= 0.6 is 0 Å². The van der Waals surface area contributed by atoms with E-state index in [1.807, 2.05) is 9.80 Å². The van der Waals surface area contributed by atoms with Crippen LogP contribution in [0.2, 0.25) is 0 Å². The highest BCUT2D eigenvalue weighted by atomic mass is 16.4. The van der Waals surface area contributed by atoms with E-state index in [4.69, 9.17) is 5.11 Å². The number of likely N-dealkylation sites (tertiary alicyclic amines) is 2. The molecule has 2 aliphatic heterocycles. The lowest BCUT2D eigenvalue weighted by atomic mass is 9.94. The van der Waals surface area contributed by atoms with Gasteiger partial charge in [-0.3, -0.25) is 9.59 Å². The molecule has 1 N–H and O–H groups in total. The lowest BCUT2D eigenvalue weighted by molar-refractivity contribution is -0.136. The number of aromatic carboxylic acids is 1. The van der Waals surface area contributed by atoms with Gasteiger partial charge in [-0.05, 0) is 49.3 Å². The molecule has 0 unspecified atom stereocenters. The molecule has 0 spiro atoms. The summed E-state index contributed by atoms with van der Waals surface area (Å²) in [6.45, 7) is 3.12. The Kier molecular flexibility index (Phi) is 5.91. The minimum Gasteiger partial charge on any atom is -0.478 e. The third-order valence-corrected chi connectivity index (χ3v) is 5.40. The average Bonchev–Trinajstić information content (AvgIpc) is 2.64. The lowest BCUT2D eigenvalue weighted by Gasteiger charge is -2.36. The Balaban J connectivity index is 1.48. The summed E-state index contributed by atoms with van der Waals surface area (Å²) in [6.07, 6.45) is 4.85. The van der Waals surface area contributed by atoms with Gasteiger partial charge in [0, 0.05) is 32.6 Å². The van der Waals surface area contributed by atoms with Crippen LogP contribution in [0.5, 0.6) is 0 Å². The first kappa shape index (κ1) is 18.4. The van der Waals surface area contributed by atoms with E-state index in [-0.39, 0.29) is 23.8 Å². The molecule has 0 aliphatic carbocycles. The predicted octanol–water partition coefficient (Wildman–Crippen LogP) is 2.18. The van der Waals surface area contributed by atoms with E-state index < -0.39 is 5.97 Å². The van der Waals surface area contributed by atoms with Crippen molar-refractivity contribution in [1.82, 2.24) is 9.80 Å². The number of rotatable bonds is 5. The van der Waals surface area contributed by atoms with Crippen molar-refractivity contribution in [2.75, 3.05) is 26.2 Å². The normalized spacial score (nSPS) is 18.8. The summed E-state index contributed by atoms with van der Waals surface area (Å²) < 4.78 is 0. The lowest BCUT2D eigenvalue weighted by Crippen LogP contribution is -2.44. The molecule has 2 fully saturated rings. The van der Waals surface area contributed by atoms with E-state index in [0.29, 0.717) is 25.4 Å². The minimum atomic E-state index is -0.979. The molecule has 2 saturated heterocycles. The summed E-state index contributed by atoms with van der Waals surface area (Å²) in [6, 6.07) is 6.56. The number of hydrogen-bond donors (Lipinski definition) is 1. The molecule has 0 radical (unpaired) electrons. The Labute approximate surface area is 153 Å². The van der Waals surface area contributed by atoms with Crippen LogP contribution in [-0.4, -0.2) is 58.9 Å². The number of benzene rings is 1. The second-order valence-corrected chi connectivity index (χ2v) is 7.30. The number of nitrogens with zero attached hydrogens (tertiary/aromatic N) is 2. The molecule has 2 amide bonds. The summed E-state index contributed by atoms with van der Waals surface area (Å²) >= 11 is 0. The van der Waals surface area contributed by atoms with Gasteiger partial charge in [-0.2, -0.15) is 0 Å². The number of carbonyl (C=O) groups excluding carboxylic acids is 2. The van der Waals surface area contributed by atoms with Crippen molar-refractivity contribution in [3.63, 3.8) is 0 Å². The SMILES string of the molecule is O=C(O)c1cccc(CC(=O)N2CCC(CN3CCCCC3=O)CC2)c1. The van der Waals surface area contributed by atoms with E-state index in [1.165, 1.54) is 6.07 Å². The molecule has 1 aromatic carbocycles. The molecule has 0 saturated carbocycles. The minimum absolute atomic E-state index is 0.0417. The highest BCUT2D eigenvalue weighted by Gasteiger charge is 2.27. The smallest absolute Gasteiger partial charge is 0.335 e. The highest BCUT2D eigenvalue weighted by molar-refractivity contribution is 5.88. The molecular weight excluding hydrogens is 332 g/mol. The van der Waals surface area contributed by atoms with Gasteiger partial charge in [0.15, 0.2) is 0 Å². The van der Waals surface area contributed by atoms with Crippen LogP contribution in [0.4, 0.5) is 0 Å². The molecule has 6 nitrogen and oxygen atoms in total. The van der Waals surface area contributed by atoms with Gasteiger partial charge in [-0.15, -0.1) is 0 Å². The van der Waals surface area contributed by atoms with Gasteiger partial charge in [0.1, 0.15) is 0 Å². The molecule has 2 heterocycles. The van der Waals surface area contributed by atoms with Gasteiger partial charge < -0.3 is 14.9 Å². The third-order valence-electron chi connectivity index (χ3n) is 5.40. The molecule has 26 heavy (non-hydrogen) atoms. The first-order valence-electron chi connectivity index (χ1n) is 9.40. The summed E-state index contributed by atoms with van der Waals surface area (Å²) in [4.78, 5) is 39.3. The Morgan fingerprint density at radius 2 is 1.88 bits per heavy atom. The molecule has 3 rings (SSSR count).